The Kier molecular flexibility index (Phi) is 3.58. The van der Waals surface area contributed by atoms with E-state index in [1.165, 1.54) is 0 Å². The molecule has 2 aliphatic rings. The van der Waals surface area contributed by atoms with Crippen molar-refractivity contribution >= 4 is 11.6 Å². The van der Waals surface area contributed by atoms with Crippen molar-refractivity contribution < 1.29 is 9.53 Å². The highest BCUT2D eigenvalue weighted by Gasteiger charge is 2.35. The lowest BCUT2D eigenvalue weighted by molar-refractivity contribution is 0.0480. The predicted octanol–water partition coefficient (Wildman–Crippen LogP) is 1.05. The summed E-state index contributed by atoms with van der Waals surface area (Å²) in [4.78, 5) is 21.9. The van der Waals surface area contributed by atoms with Gasteiger partial charge in [-0.2, -0.15) is 0 Å². The minimum atomic E-state index is 0.0175. The van der Waals surface area contributed by atoms with Gasteiger partial charge in [0.25, 0.3) is 5.91 Å². The van der Waals surface area contributed by atoms with Gasteiger partial charge in [-0.25, -0.2) is 4.98 Å². The van der Waals surface area contributed by atoms with E-state index in [-0.39, 0.29) is 11.9 Å². The molecule has 2 saturated heterocycles. The van der Waals surface area contributed by atoms with Crippen LogP contribution in [0.15, 0.2) is 24.5 Å². The molecule has 1 amide bonds. The lowest BCUT2D eigenvalue weighted by Gasteiger charge is -2.29. The van der Waals surface area contributed by atoms with Crippen LogP contribution < -0.4 is 0 Å². The third-order valence-corrected chi connectivity index (χ3v) is 4.81. The molecule has 122 valence electrons. The number of aryl methyl sites for hydroxylation is 1. The highest BCUT2D eigenvalue weighted by molar-refractivity contribution is 5.93. The summed E-state index contributed by atoms with van der Waals surface area (Å²) in [5, 5.41) is 0. The average molecular weight is 314 g/mol. The van der Waals surface area contributed by atoms with Crippen molar-refractivity contribution in [3.63, 3.8) is 0 Å². The second-order valence-electron chi connectivity index (χ2n) is 6.78. The molecule has 2 atom stereocenters. The van der Waals surface area contributed by atoms with E-state index in [0.717, 1.165) is 37.5 Å². The zero-order valence-electron chi connectivity index (χ0n) is 13.6. The molecule has 2 bridgehead atoms. The van der Waals surface area contributed by atoms with Crippen LogP contribution in [0.2, 0.25) is 0 Å². The van der Waals surface area contributed by atoms with Gasteiger partial charge in [-0.3, -0.25) is 4.79 Å². The molecule has 4 rings (SSSR count). The van der Waals surface area contributed by atoms with Gasteiger partial charge < -0.3 is 18.9 Å². The minimum Gasteiger partial charge on any atom is -0.379 e. The molecular weight excluding hydrogens is 292 g/mol. The molecule has 0 radical (unpaired) electrons. The zero-order valence-corrected chi connectivity index (χ0v) is 13.6. The Balaban J connectivity index is 1.68. The lowest BCUT2D eigenvalue weighted by atomic mass is 10.1. The number of aromatic nitrogens is 2. The van der Waals surface area contributed by atoms with Crippen LogP contribution in [0.3, 0.4) is 0 Å². The first kappa shape index (κ1) is 14.7. The molecule has 0 aromatic carbocycles. The monoisotopic (exact) mass is 314 g/mol. The highest BCUT2D eigenvalue weighted by atomic mass is 16.5. The number of fused-ring (bicyclic) bond motifs is 4. The molecule has 2 fully saturated rings. The molecule has 0 saturated carbocycles. The molecule has 0 N–H and O–H groups in total. The van der Waals surface area contributed by atoms with Gasteiger partial charge in [-0.15, -0.1) is 0 Å². The van der Waals surface area contributed by atoms with Crippen molar-refractivity contribution in [1.82, 2.24) is 19.2 Å². The Morgan fingerprint density at radius 1 is 1.30 bits per heavy atom. The number of rotatable bonds is 1. The number of likely N-dealkylation sites (N-methyl/N-ethyl adjacent to an activating group) is 1. The van der Waals surface area contributed by atoms with E-state index in [2.05, 4.69) is 16.9 Å². The summed E-state index contributed by atoms with van der Waals surface area (Å²) in [5.74, 6) is 0.388. The summed E-state index contributed by atoms with van der Waals surface area (Å²) >= 11 is 0. The standard InChI is InChI=1S/C17H22N4O2/c1-12-4-3-5-20-9-15(18-16(12)20)17(22)21-7-13-6-19(2)8-14(21)11-23-10-13/h3-5,9,13-14H,6-8,10-11H2,1-2H3/t13-,14-/m0/s1. The van der Waals surface area contributed by atoms with Gasteiger partial charge in [0.2, 0.25) is 0 Å². The molecule has 0 spiro atoms. The Hall–Kier alpha value is -1.92. The fourth-order valence-corrected chi connectivity index (χ4v) is 3.73. The minimum absolute atomic E-state index is 0.0175. The van der Waals surface area contributed by atoms with Crippen molar-refractivity contribution in [2.45, 2.75) is 13.0 Å². The Morgan fingerprint density at radius 3 is 3.00 bits per heavy atom. The number of amides is 1. The average Bonchev–Trinajstić information content (AvgIpc) is 2.77. The predicted molar refractivity (Wildman–Crippen MR) is 86.6 cm³/mol. The SMILES string of the molecule is Cc1cccn2cc(C(=O)N3C[C@H]4COC[C@@H]3CN(C)C4)nc12. The van der Waals surface area contributed by atoms with Crippen LogP contribution in [0.25, 0.3) is 5.65 Å². The van der Waals surface area contributed by atoms with Crippen LogP contribution in [-0.4, -0.2) is 71.0 Å². The molecule has 6 nitrogen and oxygen atoms in total. The summed E-state index contributed by atoms with van der Waals surface area (Å²) in [6, 6.07) is 4.09. The highest BCUT2D eigenvalue weighted by Crippen LogP contribution is 2.21. The molecule has 6 heteroatoms. The van der Waals surface area contributed by atoms with E-state index in [9.17, 15) is 4.79 Å². The Bertz CT molecular complexity index is 741. The van der Waals surface area contributed by atoms with E-state index < -0.39 is 0 Å². The molecule has 2 aromatic heterocycles. The number of pyridine rings is 1. The van der Waals surface area contributed by atoms with Gasteiger partial charge in [0.1, 0.15) is 11.3 Å². The van der Waals surface area contributed by atoms with Crippen LogP contribution in [0.1, 0.15) is 16.1 Å². The zero-order chi connectivity index (χ0) is 16.0. The topological polar surface area (TPSA) is 50.1 Å². The first-order chi connectivity index (χ1) is 11.1. The van der Waals surface area contributed by atoms with Crippen LogP contribution in [0.4, 0.5) is 0 Å². The molecule has 0 aliphatic carbocycles. The van der Waals surface area contributed by atoms with Gasteiger partial charge in [0.15, 0.2) is 0 Å². The van der Waals surface area contributed by atoms with E-state index in [4.69, 9.17) is 4.74 Å². The van der Waals surface area contributed by atoms with Gasteiger partial charge in [-0.1, -0.05) is 6.07 Å². The van der Waals surface area contributed by atoms with E-state index >= 15 is 0 Å². The van der Waals surface area contributed by atoms with Crippen LogP contribution in [0.5, 0.6) is 0 Å². The van der Waals surface area contributed by atoms with Gasteiger partial charge in [-0.05, 0) is 25.6 Å². The van der Waals surface area contributed by atoms with Crippen molar-refractivity contribution in [2.24, 2.45) is 5.92 Å². The van der Waals surface area contributed by atoms with Crippen molar-refractivity contribution in [3.05, 3.63) is 35.8 Å². The maximum Gasteiger partial charge on any atom is 0.274 e. The Labute approximate surface area is 135 Å². The summed E-state index contributed by atoms with van der Waals surface area (Å²) in [7, 11) is 2.12. The molecule has 4 heterocycles. The maximum atomic E-state index is 13.1. The smallest absolute Gasteiger partial charge is 0.274 e. The quantitative estimate of drug-likeness (QED) is 0.789. The summed E-state index contributed by atoms with van der Waals surface area (Å²) in [6.45, 7) is 5.94. The second-order valence-corrected chi connectivity index (χ2v) is 6.78. The summed E-state index contributed by atoms with van der Waals surface area (Å²) in [6.07, 6.45) is 3.77. The van der Waals surface area contributed by atoms with Gasteiger partial charge in [0, 0.05) is 37.9 Å². The Morgan fingerprint density at radius 2 is 2.17 bits per heavy atom. The van der Waals surface area contributed by atoms with Crippen molar-refractivity contribution in [3.8, 4) is 0 Å². The first-order valence-electron chi connectivity index (χ1n) is 8.13. The third-order valence-electron chi connectivity index (χ3n) is 4.81. The second kappa shape index (κ2) is 5.62. The van der Waals surface area contributed by atoms with E-state index in [1.807, 2.05) is 40.8 Å². The molecule has 2 aromatic rings. The summed E-state index contributed by atoms with van der Waals surface area (Å²) in [5.41, 5.74) is 2.45. The molecule has 0 unspecified atom stereocenters. The van der Waals surface area contributed by atoms with E-state index in [1.54, 1.807) is 0 Å². The summed E-state index contributed by atoms with van der Waals surface area (Å²) < 4.78 is 7.68. The molecule has 23 heavy (non-hydrogen) atoms. The number of imidazole rings is 1. The van der Waals surface area contributed by atoms with Crippen LogP contribution in [-0.2, 0) is 4.74 Å². The van der Waals surface area contributed by atoms with Crippen molar-refractivity contribution in [1.29, 1.82) is 0 Å². The number of hydrogen-bond acceptors (Lipinski definition) is 4. The van der Waals surface area contributed by atoms with E-state index in [0.29, 0.717) is 18.2 Å². The number of hydrogen-bond donors (Lipinski definition) is 0. The first-order valence-corrected chi connectivity index (χ1v) is 8.13. The number of ether oxygens (including phenoxy) is 1. The number of carbonyl (C=O) groups excluding carboxylic acids is 1. The lowest BCUT2D eigenvalue weighted by Crippen LogP contribution is -2.46. The van der Waals surface area contributed by atoms with Crippen LogP contribution >= 0.6 is 0 Å². The number of nitrogens with zero attached hydrogens (tertiary/aromatic N) is 4. The number of carbonyl (C=O) groups is 1. The normalized spacial score (nSPS) is 25.6. The fraction of sp³-hybridized carbons (Fsp3) is 0.529. The molecule has 2 aliphatic heterocycles. The van der Waals surface area contributed by atoms with Crippen LogP contribution in [0, 0.1) is 12.8 Å². The third kappa shape index (κ3) is 2.62. The molecular formula is C17H22N4O2. The van der Waals surface area contributed by atoms with Gasteiger partial charge >= 0.3 is 0 Å². The largest absolute Gasteiger partial charge is 0.379 e. The van der Waals surface area contributed by atoms with Crippen molar-refractivity contribution in [2.75, 3.05) is 39.9 Å². The fourth-order valence-electron chi connectivity index (χ4n) is 3.73. The van der Waals surface area contributed by atoms with Gasteiger partial charge in [0.05, 0.1) is 19.3 Å². The maximum absolute atomic E-state index is 13.1.